The van der Waals surface area contributed by atoms with Gasteiger partial charge in [-0.25, -0.2) is 9.98 Å². The van der Waals surface area contributed by atoms with Crippen molar-refractivity contribution in [1.82, 2.24) is 0 Å². The van der Waals surface area contributed by atoms with E-state index in [0.29, 0.717) is 5.84 Å². The minimum absolute atomic E-state index is 0.189. The standard InChI is InChI=1S/C47H30N4S/c48-46(39-20-10-19-38-36-17-6-7-22-43(36)52-45(38)39)50-47(32-11-2-1-3-12-32)49-29-30-23-25-35(26-24-30)51-41-21-9-16-31-15-8-18-37(44(31)41)40-27-33-13-4-5-14-34(33)28-42(40)51/h1-29,48H/b48-46?,49-29+,50-47-. The lowest BCUT2D eigenvalue weighted by Crippen LogP contribution is -2.15. The Morgan fingerprint density at radius 1 is 0.577 bits per heavy atom. The Bertz CT molecular complexity index is 2920. The lowest BCUT2D eigenvalue weighted by molar-refractivity contribution is 1.29. The molecule has 1 aliphatic rings. The molecule has 0 atom stereocenters. The van der Waals surface area contributed by atoms with Crippen LogP contribution >= 0.6 is 11.3 Å². The fourth-order valence-electron chi connectivity index (χ4n) is 7.47. The van der Waals surface area contributed by atoms with Gasteiger partial charge in [-0.15, -0.1) is 11.3 Å². The van der Waals surface area contributed by atoms with Crippen molar-refractivity contribution in [3.63, 3.8) is 0 Å². The molecular weight excluding hydrogens is 653 g/mol. The van der Waals surface area contributed by atoms with Crippen molar-refractivity contribution >= 4 is 88.0 Å². The predicted molar refractivity (Wildman–Crippen MR) is 222 cm³/mol. The van der Waals surface area contributed by atoms with E-state index < -0.39 is 0 Å². The summed E-state index contributed by atoms with van der Waals surface area (Å²) < 4.78 is 2.27. The monoisotopic (exact) mass is 682 g/mol. The van der Waals surface area contributed by atoms with Crippen LogP contribution in [0.5, 0.6) is 0 Å². The molecule has 0 bridgehead atoms. The third-order valence-corrected chi connectivity index (χ3v) is 11.1. The van der Waals surface area contributed by atoms with Crippen LogP contribution in [0.3, 0.4) is 0 Å². The van der Waals surface area contributed by atoms with Gasteiger partial charge < -0.3 is 4.90 Å². The van der Waals surface area contributed by atoms with E-state index in [-0.39, 0.29) is 5.84 Å². The van der Waals surface area contributed by atoms with Crippen molar-refractivity contribution in [3.8, 4) is 11.1 Å². The second-order valence-corrected chi connectivity index (χ2v) is 14.1. The zero-order valence-corrected chi connectivity index (χ0v) is 28.8. The minimum Gasteiger partial charge on any atom is -0.309 e. The van der Waals surface area contributed by atoms with E-state index >= 15 is 0 Å². The van der Waals surface area contributed by atoms with Crippen LogP contribution in [0.4, 0.5) is 17.1 Å². The highest BCUT2D eigenvalue weighted by molar-refractivity contribution is 7.26. The molecule has 9 aromatic rings. The molecular formula is C47H30N4S. The topological polar surface area (TPSA) is 51.8 Å². The van der Waals surface area contributed by atoms with Gasteiger partial charge in [-0.1, -0.05) is 127 Å². The first kappa shape index (κ1) is 30.2. The van der Waals surface area contributed by atoms with E-state index in [1.807, 2.05) is 48.7 Å². The van der Waals surface area contributed by atoms with Gasteiger partial charge in [0.1, 0.15) is 0 Å². The second-order valence-electron chi connectivity index (χ2n) is 13.0. The molecule has 0 aliphatic carbocycles. The summed E-state index contributed by atoms with van der Waals surface area (Å²) in [5.74, 6) is 0.683. The summed E-state index contributed by atoms with van der Waals surface area (Å²) >= 11 is 1.70. The quantitative estimate of drug-likeness (QED) is 0.146. The highest BCUT2D eigenvalue weighted by Crippen LogP contribution is 2.51. The minimum atomic E-state index is 0.189. The summed E-state index contributed by atoms with van der Waals surface area (Å²) in [6.07, 6.45) is 1.84. The van der Waals surface area contributed by atoms with E-state index in [0.717, 1.165) is 38.2 Å². The van der Waals surface area contributed by atoms with Crippen LogP contribution in [0.1, 0.15) is 16.7 Å². The summed E-state index contributed by atoms with van der Waals surface area (Å²) in [5.41, 5.74) is 8.50. The molecule has 0 amide bonds. The van der Waals surface area contributed by atoms with E-state index in [9.17, 15) is 0 Å². The van der Waals surface area contributed by atoms with Crippen molar-refractivity contribution in [2.45, 2.75) is 0 Å². The third-order valence-electron chi connectivity index (χ3n) is 9.91. The van der Waals surface area contributed by atoms with Crippen molar-refractivity contribution in [1.29, 1.82) is 5.41 Å². The van der Waals surface area contributed by atoms with Crippen molar-refractivity contribution in [2.75, 3.05) is 4.90 Å². The zero-order valence-electron chi connectivity index (χ0n) is 28.0. The number of hydrogen-bond donors (Lipinski definition) is 1. The molecule has 0 spiro atoms. The van der Waals surface area contributed by atoms with Gasteiger partial charge in [0.2, 0.25) is 0 Å². The van der Waals surface area contributed by atoms with Gasteiger partial charge in [0.05, 0.1) is 11.4 Å². The van der Waals surface area contributed by atoms with Crippen LogP contribution in [0.15, 0.2) is 180 Å². The van der Waals surface area contributed by atoms with Crippen LogP contribution in [-0.4, -0.2) is 17.9 Å². The lowest BCUT2D eigenvalue weighted by atomic mass is 9.89. The molecule has 1 aromatic heterocycles. The first-order valence-corrected chi connectivity index (χ1v) is 18.1. The van der Waals surface area contributed by atoms with E-state index in [1.54, 1.807) is 11.3 Å². The number of fused-ring (bicyclic) bond motifs is 6. The average Bonchev–Trinajstić information content (AvgIpc) is 3.59. The number of rotatable bonds is 4. The van der Waals surface area contributed by atoms with Gasteiger partial charge in [0.15, 0.2) is 11.7 Å². The Morgan fingerprint density at radius 3 is 2.12 bits per heavy atom. The summed E-state index contributed by atoms with van der Waals surface area (Å²) in [7, 11) is 0. The number of amidine groups is 2. The SMILES string of the molecule is N=C(/N=C(\N=C\c1ccc(N2c3cc4ccccc4cc3-c3cccc4cccc2c34)cc1)c1ccccc1)c1cccc2c1sc1ccccc12. The molecule has 1 aliphatic heterocycles. The Hall–Kier alpha value is -6.69. The number of benzene rings is 8. The van der Waals surface area contributed by atoms with E-state index in [4.69, 9.17) is 15.4 Å². The van der Waals surface area contributed by atoms with Crippen LogP contribution in [0.25, 0.3) is 52.8 Å². The van der Waals surface area contributed by atoms with Crippen molar-refractivity contribution in [2.24, 2.45) is 9.98 Å². The van der Waals surface area contributed by atoms with Gasteiger partial charge in [-0.05, 0) is 69.8 Å². The number of thiophene rings is 1. The van der Waals surface area contributed by atoms with Crippen LogP contribution in [0.2, 0.25) is 0 Å². The normalized spacial score (nSPS) is 12.7. The molecule has 0 unspecified atom stereocenters. The maximum absolute atomic E-state index is 9.14. The number of anilines is 3. The zero-order chi connectivity index (χ0) is 34.6. The molecule has 0 fully saturated rings. The van der Waals surface area contributed by atoms with Gasteiger partial charge in [0, 0.05) is 54.2 Å². The molecule has 4 nitrogen and oxygen atoms in total. The fourth-order valence-corrected chi connectivity index (χ4v) is 8.69. The van der Waals surface area contributed by atoms with Crippen LogP contribution < -0.4 is 4.90 Å². The molecule has 244 valence electrons. The first-order chi connectivity index (χ1) is 25.7. The summed E-state index contributed by atoms with van der Waals surface area (Å²) in [6, 6.07) is 59.3. The molecule has 0 radical (unpaired) electrons. The summed E-state index contributed by atoms with van der Waals surface area (Å²) in [5, 5.41) is 16.4. The molecule has 1 N–H and O–H groups in total. The van der Waals surface area contributed by atoms with Crippen LogP contribution in [0, 0.1) is 5.41 Å². The van der Waals surface area contributed by atoms with Crippen molar-refractivity contribution in [3.05, 3.63) is 187 Å². The molecule has 0 saturated heterocycles. The summed E-state index contributed by atoms with van der Waals surface area (Å²) in [4.78, 5) is 12.1. The molecule has 0 saturated carbocycles. The highest BCUT2D eigenvalue weighted by Gasteiger charge is 2.26. The number of nitrogens with zero attached hydrogens (tertiary/aromatic N) is 3. The second kappa shape index (κ2) is 12.3. The van der Waals surface area contributed by atoms with Gasteiger partial charge in [-0.3, -0.25) is 5.41 Å². The molecule has 8 aromatic carbocycles. The first-order valence-electron chi connectivity index (χ1n) is 17.3. The Morgan fingerprint density at radius 2 is 1.27 bits per heavy atom. The molecule has 2 heterocycles. The number of hydrogen-bond acceptors (Lipinski definition) is 3. The maximum Gasteiger partial charge on any atom is 0.161 e. The Balaban J connectivity index is 1.03. The predicted octanol–water partition coefficient (Wildman–Crippen LogP) is 12.7. The lowest BCUT2D eigenvalue weighted by Gasteiger charge is -2.34. The molecule has 52 heavy (non-hydrogen) atoms. The fraction of sp³-hybridized carbons (Fsp3) is 0. The van der Waals surface area contributed by atoms with E-state index in [2.05, 4.69) is 132 Å². The molecule has 10 rings (SSSR count). The van der Waals surface area contributed by atoms with Gasteiger partial charge in [0.25, 0.3) is 0 Å². The van der Waals surface area contributed by atoms with Gasteiger partial charge >= 0.3 is 0 Å². The highest BCUT2D eigenvalue weighted by atomic mass is 32.1. The average molecular weight is 683 g/mol. The van der Waals surface area contributed by atoms with Crippen LogP contribution in [-0.2, 0) is 0 Å². The smallest absolute Gasteiger partial charge is 0.161 e. The Kier molecular flexibility index (Phi) is 7.12. The molecule has 5 heteroatoms. The summed E-state index contributed by atoms with van der Waals surface area (Å²) in [6.45, 7) is 0. The van der Waals surface area contributed by atoms with Crippen molar-refractivity contribution < 1.29 is 0 Å². The largest absolute Gasteiger partial charge is 0.309 e. The van der Waals surface area contributed by atoms with E-state index in [1.165, 1.54) is 48.4 Å². The number of aliphatic imine (C=N–C) groups is 2. The number of nitrogens with one attached hydrogen (secondary N) is 1. The van der Waals surface area contributed by atoms with Gasteiger partial charge in [-0.2, -0.15) is 0 Å². The Labute approximate surface area is 304 Å². The third kappa shape index (κ3) is 5.02. The maximum atomic E-state index is 9.14.